The minimum Gasteiger partial charge on any atom is -0.322 e. The van der Waals surface area contributed by atoms with Crippen LogP contribution in [0.2, 0.25) is 0 Å². The SMILES string of the molecule is C=CC(=C)C(C)(N)CC(C)C. The van der Waals surface area contributed by atoms with Crippen molar-refractivity contribution in [2.75, 3.05) is 0 Å². The van der Waals surface area contributed by atoms with Gasteiger partial charge in [-0.2, -0.15) is 0 Å². The maximum atomic E-state index is 6.00. The number of hydrogen-bond acceptors (Lipinski definition) is 1. The summed E-state index contributed by atoms with van der Waals surface area (Å²) in [4.78, 5) is 0. The molecule has 1 unspecified atom stereocenters. The van der Waals surface area contributed by atoms with Crippen LogP contribution >= 0.6 is 0 Å². The third kappa shape index (κ3) is 3.38. The Kier molecular flexibility index (Phi) is 3.53. The number of rotatable bonds is 4. The van der Waals surface area contributed by atoms with Crippen molar-refractivity contribution in [1.82, 2.24) is 0 Å². The van der Waals surface area contributed by atoms with E-state index >= 15 is 0 Å². The number of hydrogen-bond donors (Lipinski definition) is 1. The molecule has 1 heteroatoms. The Hall–Kier alpha value is -0.560. The molecule has 0 saturated carbocycles. The average molecular weight is 153 g/mol. The molecule has 0 aliphatic carbocycles. The van der Waals surface area contributed by atoms with Crippen molar-refractivity contribution in [3.05, 3.63) is 24.8 Å². The lowest BCUT2D eigenvalue weighted by molar-refractivity contribution is 0.427. The zero-order valence-electron chi connectivity index (χ0n) is 7.85. The Balaban J connectivity index is 4.20. The molecule has 0 aromatic heterocycles. The molecule has 0 rings (SSSR count). The summed E-state index contributed by atoms with van der Waals surface area (Å²) in [6, 6.07) is 0. The van der Waals surface area contributed by atoms with Gasteiger partial charge in [0.1, 0.15) is 0 Å². The Morgan fingerprint density at radius 3 is 2.36 bits per heavy atom. The van der Waals surface area contributed by atoms with Crippen molar-refractivity contribution in [3.63, 3.8) is 0 Å². The van der Waals surface area contributed by atoms with Gasteiger partial charge in [0, 0.05) is 5.54 Å². The van der Waals surface area contributed by atoms with Crippen LogP contribution in [0.15, 0.2) is 24.8 Å². The van der Waals surface area contributed by atoms with Gasteiger partial charge in [0.05, 0.1) is 0 Å². The van der Waals surface area contributed by atoms with Crippen LogP contribution in [0.5, 0.6) is 0 Å². The molecule has 0 amide bonds. The Morgan fingerprint density at radius 2 is 2.09 bits per heavy atom. The second kappa shape index (κ2) is 3.72. The Bertz CT molecular complexity index is 154. The molecule has 0 aromatic carbocycles. The minimum atomic E-state index is -0.282. The molecular weight excluding hydrogens is 134 g/mol. The first-order chi connectivity index (χ1) is 4.90. The van der Waals surface area contributed by atoms with E-state index in [9.17, 15) is 0 Å². The van der Waals surface area contributed by atoms with Crippen LogP contribution in [0.25, 0.3) is 0 Å². The molecule has 0 fully saturated rings. The molecule has 0 aliphatic rings. The van der Waals surface area contributed by atoms with Crippen molar-refractivity contribution in [1.29, 1.82) is 0 Å². The smallest absolute Gasteiger partial charge is 0.0377 e. The number of nitrogens with two attached hydrogens (primary N) is 1. The second-order valence-electron chi connectivity index (χ2n) is 3.74. The van der Waals surface area contributed by atoms with Gasteiger partial charge in [-0.05, 0) is 24.8 Å². The molecule has 0 aromatic rings. The first-order valence-electron chi connectivity index (χ1n) is 4.01. The van der Waals surface area contributed by atoms with Crippen LogP contribution in [-0.4, -0.2) is 5.54 Å². The topological polar surface area (TPSA) is 26.0 Å². The zero-order chi connectivity index (χ0) is 9.07. The van der Waals surface area contributed by atoms with Gasteiger partial charge in [-0.15, -0.1) is 0 Å². The van der Waals surface area contributed by atoms with Gasteiger partial charge in [-0.3, -0.25) is 0 Å². The molecule has 64 valence electrons. The van der Waals surface area contributed by atoms with E-state index in [1.807, 2.05) is 6.92 Å². The van der Waals surface area contributed by atoms with Crippen molar-refractivity contribution in [2.45, 2.75) is 32.7 Å². The molecule has 1 nitrogen and oxygen atoms in total. The highest BCUT2D eigenvalue weighted by molar-refractivity contribution is 5.24. The molecule has 0 spiro atoms. The minimum absolute atomic E-state index is 0.282. The van der Waals surface area contributed by atoms with E-state index in [1.54, 1.807) is 6.08 Å². The summed E-state index contributed by atoms with van der Waals surface area (Å²) < 4.78 is 0. The first kappa shape index (κ1) is 10.4. The van der Waals surface area contributed by atoms with Crippen molar-refractivity contribution < 1.29 is 0 Å². The standard InChI is InChI=1S/C10H19N/c1-6-9(4)10(5,11)7-8(2)3/h6,8H,1,4,7,11H2,2-3,5H3. The van der Waals surface area contributed by atoms with Gasteiger partial charge >= 0.3 is 0 Å². The summed E-state index contributed by atoms with van der Waals surface area (Å²) in [6.07, 6.45) is 2.69. The first-order valence-corrected chi connectivity index (χ1v) is 4.01. The van der Waals surface area contributed by atoms with Crippen LogP contribution in [0.4, 0.5) is 0 Å². The predicted molar refractivity (Wildman–Crippen MR) is 51.4 cm³/mol. The second-order valence-corrected chi connectivity index (χ2v) is 3.74. The third-order valence-corrected chi connectivity index (χ3v) is 1.81. The van der Waals surface area contributed by atoms with E-state index in [-0.39, 0.29) is 5.54 Å². The average Bonchev–Trinajstić information content (AvgIpc) is 1.83. The highest BCUT2D eigenvalue weighted by Crippen LogP contribution is 2.21. The molecule has 2 N–H and O–H groups in total. The summed E-state index contributed by atoms with van der Waals surface area (Å²) in [5.74, 6) is 0.599. The maximum absolute atomic E-state index is 6.00. The molecule has 0 heterocycles. The van der Waals surface area contributed by atoms with Gasteiger partial charge in [0.25, 0.3) is 0 Å². The fourth-order valence-corrected chi connectivity index (χ4v) is 1.21. The highest BCUT2D eigenvalue weighted by Gasteiger charge is 2.21. The van der Waals surface area contributed by atoms with E-state index in [2.05, 4.69) is 27.0 Å². The van der Waals surface area contributed by atoms with Gasteiger partial charge in [0.15, 0.2) is 0 Å². The van der Waals surface area contributed by atoms with Crippen molar-refractivity contribution >= 4 is 0 Å². The van der Waals surface area contributed by atoms with Crippen LogP contribution in [0.1, 0.15) is 27.2 Å². The molecule has 0 radical (unpaired) electrons. The fourth-order valence-electron chi connectivity index (χ4n) is 1.21. The van der Waals surface area contributed by atoms with Crippen LogP contribution in [0, 0.1) is 5.92 Å². The zero-order valence-corrected chi connectivity index (χ0v) is 7.85. The normalized spacial score (nSPS) is 16.1. The summed E-state index contributed by atoms with van der Waals surface area (Å²) in [6.45, 7) is 13.8. The van der Waals surface area contributed by atoms with Gasteiger partial charge in [0.2, 0.25) is 0 Å². The van der Waals surface area contributed by atoms with Gasteiger partial charge in [-0.25, -0.2) is 0 Å². The van der Waals surface area contributed by atoms with Crippen LogP contribution in [-0.2, 0) is 0 Å². The van der Waals surface area contributed by atoms with Crippen LogP contribution < -0.4 is 5.73 Å². The lowest BCUT2D eigenvalue weighted by Crippen LogP contribution is -2.38. The quantitative estimate of drug-likeness (QED) is 0.617. The summed E-state index contributed by atoms with van der Waals surface area (Å²) >= 11 is 0. The van der Waals surface area contributed by atoms with E-state index in [0.717, 1.165) is 12.0 Å². The van der Waals surface area contributed by atoms with Gasteiger partial charge < -0.3 is 5.73 Å². The molecule has 11 heavy (non-hydrogen) atoms. The molecule has 0 bridgehead atoms. The van der Waals surface area contributed by atoms with Crippen molar-refractivity contribution in [2.24, 2.45) is 11.7 Å². The molecular formula is C10H19N. The molecule has 1 atom stereocenters. The fraction of sp³-hybridized carbons (Fsp3) is 0.600. The van der Waals surface area contributed by atoms with E-state index in [1.165, 1.54) is 0 Å². The Labute approximate surface area is 70.0 Å². The summed E-state index contributed by atoms with van der Waals surface area (Å²) in [5, 5.41) is 0. The van der Waals surface area contributed by atoms with Crippen LogP contribution in [0.3, 0.4) is 0 Å². The summed E-state index contributed by atoms with van der Waals surface area (Å²) in [7, 11) is 0. The highest BCUT2D eigenvalue weighted by atomic mass is 14.7. The van der Waals surface area contributed by atoms with Gasteiger partial charge in [-0.1, -0.05) is 33.1 Å². The van der Waals surface area contributed by atoms with Crippen molar-refractivity contribution in [3.8, 4) is 0 Å². The maximum Gasteiger partial charge on any atom is 0.0377 e. The molecule has 0 aliphatic heterocycles. The lowest BCUT2D eigenvalue weighted by atomic mass is 9.85. The van der Waals surface area contributed by atoms with E-state index in [4.69, 9.17) is 5.73 Å². The molecule has 0 saturated heterocycles. The van der Waals surface area contributed by atoms with E-state index in [0.29, 0.717) is 5.92 Å². The van der Waals surface area contributed by atoms with E-state index < -0.39 is 0 Å². The monoisotopic (exact) mass is 153 g/mol. The predicted octanol–water partition coefficient (Wildman–Crippen LogP) is 2.49. The Morgan fingerprint density at radius 1 is 1.64 bits per heavy atom. The summed E-state index contributed by atoms with van der Waals surface area (Å²) in [5.41, 5.74) is 6.64. The largest absolute Gasteiger partial charge is 0.322 e. The third-order valence-electron chi connectivity index (χ3n) is 1.81. The lowest BCUT2D eigenvalue weighted by Gasteiger charge is -2.27.